The second-order valence-corrected chi connectivity index (χ2v) is 5.61. The van der Waals surface area contributed by atoms with Gasteiger partial charge in [0.15, 0.2) is 0 Å². The largest absolute Gasteiger partial charge is 0.478 e. The predicted octanol–water partition coefficient (Wildman–Crippen LogP) is 3.16. The first-order valence-corrected chi connectivity index (χ1v) is 7.58. The SMILES string of the molecule is O=C(O)C1=CCN(c2cc(F)ccc2N2CCCCC2)C=C1. The minimum atomic E-state index is -0.939. The van der Waals surface area contributed by atoms with Gasteiger partial charge in [0, 0.05) is 25.8 Å². The van der Waals surface area contributed by atoms with Crippen LogP contribution < -0.4 is 9.80 Å². The fraction of sp³-hybridized carbons (Fsp3) is 0.353. The van der Waals surface area contributed by atoms with E-state index in [1.807, 2.05) is 11.0 Å². The molecule has 22 heavy (non-hydrogen) atoms. The quantitative estimate of drug-likeness (QED) is 0.931. The summed E-state index contributed by atoms with van der Waals surface area (Å²) in [5.74, 6) is -1.22. The van der Waals surface area contributed by atoms with Crippen molar-refractivity contribution in [1.82, 2.24) is 0 Å². The van der Waals surface area contributed by atoms with Crippen molar-refractivity contribution in [3.05, 3.63) is 47.9 Å². The number of halogens is 1. The van der Waals surface area contributed by atoms with E-state index in [4.69, 9.17) is 5.11 Å². The van der Waals surface area contributed by atoms with Crippen LogP contribution in [-0.2, 0) is 4.79 Å². The highest BCUT2D eigenvalue weighted by Gasteiger charge is 2.19. The monoisotopic (exact) mass is 302 g/mol. The summed E-state index contributed by atoms with van der Waals surface area (Å²) in [5.41, 5.74) is 2.07. The Balaban J connectivity index is 1.88. The molecule has 0 aliphatic carbocycles. The topological polar surface area (TPSA) is 43.8 Å². The zero-order valence-electron chi connectivity index (χ0n) is 12.3. The minimum Gasteiger partial charge on any atom is -0.478 e. The fourth-order valence-electron chi connectivity index (χ4n) is 2.96. The Labute approximate surface area is 129 Å². The van der Waals surface area contributed by atoms with Crippen LogP contribution in [0.1, 0.15) is 19.3 Å². The van der Waals surface area contributed by atoms with Crippen LogP contribution in [0.4, 0.5) is 15.8 Å². The first-order valence-electron chi connectivity index (χ1n) is 7.58. The van der Waals surface area contributed by atoms with E-state index in [9.17, 15) is 9.18 Å². The van der Waals surface area contributed by atoms with Crippen molar-refractivity contribution in [2.75, 3.05) is 29.4 Å². The number of nitrogens with zero attached hydrogens (tertiary/aromatic N) is 2. The van der Waals surface area contributed by atoms with Crippen LogP contribution in [0.2, 0.25) is 0 Å². The van der Waals surface area contributed by atoms with Crippen molar-refractivity contribution in [3.63, 3.8) is 0 Å². The van der Waals surface area contributed by atoms with Crippen molar-refractivity contribution in [3.8, 4) is 0 Å². The Morgan fingerprint density at radius 1 is 1.14 bits per heavy atom. The van der Waals surface area contributed by atoms with Crippen molar-refractivity contribution in [2.45, 2.75) is 19.3 Å². The number of hydrogen-bond donors (Lipinski definition) is 1. The van der Waals surface area contributed by atoms with Crippen LogP contribution in [0.25, 0.3) is 0 Å². The number of rotatable bonds is 3. The van der Waals surface area contributed by atoms with E-state index in [-0.39, 0.29) is 11.4 Å². The van der Waals surface area contributed by atoms with E-state index in [1.165, 1.54) is 18.6 Å². The molecule has 0 saturated carbocycles. The summed E-state index contributed by atoms with van der Waals surface area (Å²) in [5, 5.41) is 8.99. The number of carboxylic acid groups (broad SMARTS) is 1. The lowest BCUT2D eigenvalue weighted by Gasteiger charge is -2.33. The number of anilines is 2. The molecule has 0 bridgehead atoms. The van der Waals surface area contributed by atoms with E-state index in [0.29, 0.717) is 6.54 Å². The van der Waals surface area contributed by atoms with Crippen LogP contribution >= 0.6 is 0 Å². The van der Waals surface area contributed by atoms with Gasteiger partial charge in [-0.1, -0.05) is 6.08 Å². The fourth-order valence-corrected chi connectivity index (χ4v) is 2.96. The van der Waals surface area contributed by atoms with Crippen molar-refractivity contribution in [2.24, 2.45) is 0 Å². The average Bonchev–Trinajstić information content (AvgIpc) is 2.55. The van der Waals surface area contributed by atoms with Gasteiger partial charge in [-0.2, -0.15) is 0 Å². The maximum Gasteiger partial charge on any atom is 0.335 e. The van der Waals surface area contributed by atoms with Crippen LogP contribution in [0, 0.1) is 5.82 Å². The van der Waals surface area contributed by atoms with Crippen LogP contribution in [0.15, 0.2) is 42.1 Å². The molecule has 1 fully saturated rings. The summed E-state index contributed by atoms with van der Waals surface area (Å²) < 4.78 is 13.7. The normalized spacial score (nSPS) is 18.3. The predicted molar refractivity (Wildman–Crippen MR) is 84.7 cm³/mol. The number of piperidine rings is 1. The van der Waals surface area contributed by atoms with Crippen molar-refractivity contribution >= 4 is 17.3 Å². The molecule has 2 heterocycles. The van der Waals surface area contributed by atoms with Gasteiger partial charge in [0.1, 0.15) is 5.82 Å². The first-order chi connectivity index (χ1) is 10.6. The smallest absolute Gasteiger partial charge is 0.335 e. The first kappa shape index (κ1) is 14.6. The molecule has 4 nitrogen and oxygen atoms in total. The molecule has 1 saturated heterocycles. The molecular weight excluding hydrogens is 283 g/mol. The molecule has 0 atom stereocenters. The van der Waals surface area contributed by atoms with E-state index < -0.39 is 5.97 Å². The number of carboxylic acids is 1. The lowest BCUT2D eigenvalue weighted by Crippen LogP contribution is -2.31. The molecule has 5 heteroatoms. The third-order valence-electron chi connectivity index (χ3n) is 4.13. The van der Waals surface area contributed by atoms with Gasteiger partial charge in [-0.25, -0.2) is 9.18 Å². The van der Waals surface area contributed by atoms with Gasteiger partial charge in [-0.15, -0.1) is 0 Å². The Morgan fingerprint density at radius 2 is 1.91 bits per heavy atom. The maximum absolute atomic E-state index is 13.7. The van der Waals surface area contributed by atoms with Crippen LogP contribution in [0.3, 0.4) is 0 Å². The Morgan fingerprint density at radius 3 is 2.55 bits per heavy atom. The highest BCUT2D eigenvalue weighted by molar-refractivity contribution is 5.90. The van der Waals surface area contributed by atoms with E-state index in [0.717, 1.165) is 37.3 Å². The van der Waals surface area contributed by atoms with E-state index >= 15 is 0 Å². The molecular formula is C17H19FN2O2. The van der Waals surface area contributed by atoms with Gasteiger partial charge in [0.2, 0.25) is 0 Å². The molecule has 0 spiro atoms. The Hall–Kier alpha value is -2.30. The third kappa shape index (κ3) is 2.98. The zero-order valence-corrected chi connectivity index (χ0v) is 12.3. The molecule has 0 radical (unpaired) electrons. The highest BCUT2D eigenvalue weighted by atomic mass is 19.1. The lowest BCUT2D eigenvalue weighted by molar-refractivity contribution is -0.132. The Bertz CT molecular complexity index is 634. The molecule has 1 aromatic carbocycles. The van der Waals surface area contributed by atoms with Gasteiger partial charge < -0.3 is 14.9 Å². The molecule has 0 unspecified atom stereocenters. The second kappa shape index (κ2) is 6.22. The van der Waals surface area contributed by atoms with Crippen LogP contribution in [0.5, 0.6) is 0 Å². The molecule has 1 aromatic rings. The summed E-state index contributed by atoms with van der Waals surface area (Å²) in [6.07, 6.45) is 8.45. The summed E-state index contributed by atoms with van der Waals surface area (Å²) in [7, 11) is 0. The summed E-state index contributed by atoms with van der Waals surface area (Å²) in [4.78, 5) is 15.1. The summed E-state index contributed by atoms with van der Waals surface area (Å²) >= 11 is 0. The second-order valence-electron chi connectivity index (χ2n) is 5.61. The number of benzene rings is 1. The summed E-state index contributed by atoms with van der Waals surface area (Å²) in [6.45, 7) is 2.39. The molecule has 0 aromatic heterocycles. The summed E-state index contributed by atoms with van der Waals surface area (Å²) in [6, 6.07) is 4.83. The van der Waals surface area contributed by atoms with Gasteiger partial charge in [-0.3, -0.25) is 0 Å². The van der Waals surface area contributed by atoms with Gasteiger partial charge >= 0.3 is 5.97 Å². The van der Waals surface area contributed by atoms with Crippen molar-refractivity contribution in [1.29, 1.82) is 0 Å². The standard InChI is InChI=1S/C17H19FN2O2/c18-14-4-5-15(19-8-2-1-3-9-19)16(12-14)20-10-6-13(7-11-20)17(21)22/h4-7,10,12H,1-3,8-9,11H2,(H,21,22). The number of aliphatic carboxylic acids is 1. The molecule has 2 aliphatic heterocycles. The van der Waals surface area contributed by atoms with Gasteiger partial charge in [0.25, 0.3) is 0 Å². The molecule has 3 rings (SSSR count). The third-order valence-corrected chi connectivity index (χ3v) is 4.13. The van der Waals surface area contributed by atoms with E-state index in [2.05, 4.69) is 4.90 Å². The van der Waals surface area contributed by atoms with Crippen molar-refractivity contribution < 1.29 is 14.3 Å². The zero-order chi connectivity index (χ0) is 15.5. The number of hydrogen-bond acceptors (Lipinski definition) is 3. The Kier molecular flexibility index (Phi) is 4.13. The van der Waals surface area contributed by atoms with Crippen LogP contribution in [-0.4, -0.2) is 30.7 Å². The average molecular weight is 302 g/mol. The lowest BCUT2D eigenvalue weighted by atomic mass is 10.1. The number of carbonyl (C=O) groups is 1. The molecule has 0 amide bonds. The molecule has 2 aliphatic rings. The molecule has 116 valence electrons. The minimum absolute atomic E-state index is 0.271. The van der Waals surface area contributed by atoms with Gasteiger partial charge in [0.05, 0.1) is 16.9 Å². The molecule has 1 N–H and O–H groups in total. The highest BCUT2D eigenvalue weighted by Crippen LogP contribution is 2.33. The van der Waals surface area contributed by atoms with Gasteiger partial charge in [-0.05, 0) is 43.5 Å². The maximum atomic E-state index is 13.7. The van der Waals surface area contributed by atoms with E-state index in [1.54, 1.807) is 18.4 Å².